The van der Waals surface area contributed by atoms with Crippen LogP contribution in [0.5, 0.6) is 0 Å². The number of carbonyl (C=O) groups excluding carboxylic acids is 2. The minimum absolute atomic E-state index is 0.148. The predicted molar refractivity (Wildman–Crippen MR) is 102 cm³/mol. The van der Waals surface area contributed by atoms with Gasteiger partial charge in [0.2, 0.25) is 15.9 Å². The zero-order chi connectivity index (χ0) is 20.0. The summed E-state index contributed by atoms with van der Waals surface area (Å²) in [5.41, 5.74) is 1.86. The van der Waals surface area contributed by atoms with E-state index in [4.69, 9.17) is 4.74 Å². The first-order chi connectivity index (χ1) is 12.7. The maximum atomic E-state index is 12.6. The summed E-state index contributed by atoms with van der Waals surface area (Å²) in [5.74, 6) is -0.267. The number of hydrogen-bond acceptors (Lipinski definition) is 5. The van der Waals surface area contributed by atoms with Crippen molar-refractivity contribution in [1.82, 2.24) is 14.1 Å². The van der Waals surface area contributed by atoms with Crippen LogP contribution in [-0.2, 0) is 26.1 Å². The molecule has 150 valence electrons. The van der Waals surface area contributed by atoms with E-state index in [1.165, 1.54) is 4.31 Å². The molecule has 1 fully saturated rings. The normalized spacial score (nSPS) is 15.1. The fraction of sp³-hybridized carbons (Fsp3) is 0.556. The Kier molecular flexibility index (Phi) is 7.20. The van der Waals surface area contributed by atoms with Crippen molar-refractivity contribution in [1.29, 1.82) is 0 Å². The molecule has 0 bridgehead atoms. The van der Waals surface area contributed by atoms with E-state index in [2.05, 4.69) is 0 Å². The van der Waals surface area contributed by atoms with Crippen molar-refractivity contribution in [2.75, 3.05) is 45.6 Å². The molecule has 1 aromatic carbocycles. The molecule has 1 aromatic rings. The number of piperazine rings is 1. The molecule has 27 heavy (non-hydrogen) atoms. The van der Waals surface area contributed by atoms with Crippen LogP contribution in [0.2, 0.25) is 0 Å². The van der Waals surface area contributed by atoms with Gasteiger partial charge in [-0.05, 0) is 19.4 Å². The van der Waals surface area contributed by atoms with Crippen LogP contribution in [0.15, 0.2) is 24.3 Å². The van der Waals surface area contributed by atoms with Crippen LogP contribution >= 0.6 is 0 Å². The Bertz CT molecular complexity index is 773. The van der Waals surface area contributed by atoms with Crippen LogP contribution < -0.4 is 0 Å². The van der Waals surface area contributed by atoms with E-state index < -0.39 is 10.0 Å². The van der Waals surface area contributed by atoms with Gasteiger partial charge in [-0.2, -0.15) is 4.31 Å². The molecular weight excluding hydrogens is 370 g/mol. The number of benzene rings is 1. The molecule has 1 saturated heterocycles. The van der Waals surface area contributed by atoms with Gasteiger partial charge in [0, 0.05) is 32.7 Å². The number of aryl methyl sites for hydroxylation is 1. The molecule has 2 rings (SSSR count). The maximum absolute atomic E-state index is 12.6. The fourth-order valence-corrected chi connectivity index (χ4v) is 3.64. The Hall–Kier alpha value is -2.13. The van der Waals surface area contributed by atoms with Gasteiger partial charge in [-0.3, -0.25) is 4.79 Å². The maximum Gasteiger partial charge on any atom is 0.409 e. The van der Waals surface area contributed by atoms with Crippen LogP contribution in [0.3, 0.4) is 0 Å². The monoisotopic (exact) mass is 397 g/mol. The number of rotatable bonds is 6. The molecule has 0 N–H and O–H groups in total. The highest BCUT2D eigenvalue weighted by atomic mass is 32.2. The summed E-state index contributed by atoms with van der Waals surface area (Å²) < 4.78 is 30.4. The standard InChI is InChI=1S/C18H27N3O5S/c1-4-26-18(23)20-10-8-19(9-11-20)17(22)14-21(27(3,24)25)13-16-7-5-6-15(2)12-16/h5-7,12H,4,8-11,13-14H2,1-3H3. The summed E-state index contributed by atoms with van der Waals surface area (Å²) in [4.78, 5) is 27.5. The second-order valence-electron chi connectivity index (χ2n) is 6.59. The number of ether oxygens (including phenoxy) is 1. The van der Waals surface area contributed by atoms with Crippen molar-refractivity contribution >= 4 is 22.0 Å². The molecule has 0 radical (unpaired) electrons. The first kappa shape index (κ1) is 21.2. The van der Waals surface area contributed by atoms with Crippen molar-refractivity contribution in [2.24, 2.45) is 0 Å². The Morgan fingerprint density at radius 3 is 2.33 bits per heavy atom. The Labute approximate surface area is 160 Å². The van der Waals surface area contributed by atoms with E-state index in [0.29, 0.717) is 32.8 Å². The van der Waals surface area contributed by atoms with Crippen molar-refractivity contribution in [3.63, 3.8) is 0 Å². The van der Waals surface area contributed by atoms with E-state index in [1.54, 1.807) is 16.7 Å². The number of hydrogen-bond donors (Lipinski definition) is 0. The minimum atomic E-state index is -3.54. The second-order valence-corrected chi connectivity index (χ2v) is 8.57. The average Bonchev–Trinajstić information content (AvgIpc) is 2.60. The summed E-state index contributed by atoms with van der Waals surface area (Å²) in [5, 5.41) is 0. The molecule has 1 aliphatic heterocycles. The van der Waals surface area contributed by atoms with Crippen molar-refractivity contribution < 1.29 is 22.7 Å². The van der Waals surface area contributed by atoms with Crippen LogP contribution in [0, 0.1) is 6.92 Å². The van der Waals surface area contributed by atoms with Gasteiger partial charge in [0.1, 0.15) is 0 Å². The molecule has 0 aliphatic carbocycles. The molecule has 2 amide bonds. The number of amides is 2. The number of carbonyl (C=O) groups is 2. The molecule has 8 nitrogen and oxygen atoms in total. The van der Waals surface area contributed by atoms with Gasteiger partial charge >= 0.3 is 6.09 Å². The van der Waals surface area contributed by atoms with Crippen LogP contribution in [0.1, 0.15) is 18.1 Å². The molecule has 9 heteroatoms. The van der Waals surface area contributed by atoms with Crippen LogP contribution in [-0.4, -0.2) is 80.1 Å². The molecule has 0 atom stereocenters. The molecule has 0 spiro atoms. The van der Waals surface area contributed by atoms with Gasteiger partial charge in [0.05, 0.1) is 19.4 Å². The lowest BCUT2D eigenvalue weighted by atomic mass is 10.1. The zero-order valence-corrected chi connectivity index (χ0v) is 16.9. The highest BCUT2D eigenvalue weighted by Gasteiger charge is 2.28. The third-order valence-electron chi connectivity index (χ3n) is 4.38. The second kappa shape index (κ2) is 9.18. The van der Waals surface area contributed by atoms with Gasteiger partial charge in [-0.1, -0.05) is 29.8 Å². The van der Waals surface area contributed by atoms with E-state index in [0.717, 1.165) is 17.4 Å². The van der Waals surface area contributed by atoms with Crippen molar-refractivity contribution in [3.8, 4) is 0 Å². The molecule has 0 saturated carbocycles. The van der Waals surface area contributed by atoms with E-state index in [1.807, 2.05) is 31.2 Å². The summed E-state index contributed by atoms with van der Waals surface area (Å²) in [6.45, 7) is 5.39. The summed E-state index contributed by atoms with van der Waals surface area (Å²) >= 11 is 0. The lowest BCUT2D eigenvalue weighted by Gasteiger charge is -2.35. The van der Waals surface area contributed by atoms with E-state index in [9.17, 15) is 18.0 Å². The summed E-state index contributed by atoms with van der Waals surface area (Å²) in [7, 11) is -3.54. The summed E-state index contributed by atoms with van der Waals surface area (Å²) in [6, 6.07) is 7.54. The Morgan fingerprint density at radius 2 is 1.78 bits per heavy atom. The molecular formula is C18H27N3O5S. The smallest absolute Gasteiger partial charge is 0.409 e. The van der Waals surface area contributed by atoms with Gasteiger partial charge < -0.3 is 14.5 Å². The minimum Gasteiger partial charge on any atom is -0.450 e. The van der Waals surface area contributed by atoms with Crippen molar-refractivity contribution in [2.45, 2.75) is 20.4 Å². The highest BCUT2D eigenvalue weighted by molar-refractivity contribution is 7.88. The SMILES string of the molecule is CCOC(=O)N1CCN(C(=O)CN(Cc2cccc(C)c2)S(C)(=O)=O)CC1. The van der Waals surface area contributed by atoms with E-state index in [-0.39, 0.29) is 25.1 Å². The molecule has 1 aliphatic rings. The lowest BCUT2D eigenvalue weighted by molar-refractivity contribution is -0.133. The predicted octanol–water partition coefficient (Wildman–Crippen LogP) is 1.06. The average molecular weight is 397 g/mol. The van der Waals surface area contributed by atoms with Crippen LogP contribution in [0.4, 0.5) is 4.79 Å². The largest absolute Gasteiger partial charge is 0.450 e. The third kappa shape index (κ3) is 6.21. The molecule has 0 aromatic heterocycles. The molecule has 0 unspecified atom stereocenters. The van der Waals surface area contributed by atoms with Gasteiger partial charge in [-0.25, -0.2) is 13.2 Å². The Morgan fingerprint density at radius 1 is 1.15 bits per heavy atom. The van der Waals surface area contributed by atoms with E-state index >= 15 is 0 Å². The van der Waals surface area contributed by atoms with Crippen molar-refractivity contribution in [3.05, 3.63) is 35.4 Å². The van der Waals surface area contributed by atoms with Gasteiger partial charge in [0.15, 0.2) is 0 Å². The van der Waals surface area contributed by atoms with Crippen LogP contribution in [0.25, 0.3) is 0 Å². The van der Waals surface area contributed by atoms with Gasteiger partial charge in [0.25, 0.3) is 0 Å². The topological polar surface area (TPSA) is 87.2 Å². The fourth-order valence-electron chi connectivity index (χ4n) is 2.91. The molecule has 1 heterocycles. The first-order valence-electron chi connectivity index (χ1n) is 8.91. The highest BCUT2D eigenvalue weighted by Crippen LogP contribution is 2.12. The number of nitrogens with zero attached hydrogens (tertiary/aromatic N) is 3. The zero-order valence-electron chi connectivity index (χ0n) is 16.1. The summed E-state index contributed by atoms with van der Waals surface area (Å²) in [6.07, 6.45) is 0.719. The Balaban J connectivity index is 1.97. The lowest BCUT2D eigenvalue weighted by Crippen LogP contribution is -2.53. The number of sulfonamides is 1. The first-order valence-corrected chi connectivity index (χ1v) is 10.8. The van der Waals surface area contributed by atoms with Gasteiger partial charge in [-0.15, -0.1) is 0 Å². The quantitative estimate of drug-likeness (QED) is 0.716. The third-order valence-corrected chi connectivity index (χ3v) is 5.58.